The minimum atomic E-state index is -0.0274. The lowest BCUT2D eigenvalue weighted by molar-refractivity contribution is 0.0939. The highest BCUT2D eigenvalue weighted by Gasteiger charge is 2.09. The van der Waals surface area contributed by atoms with Crippen molar-refractivity contribution < 1.29 is 4.79 Å². The van der Waals surface area contributed by atoms with E-state index in [0.29, 0.717) is 12.1 Å². The summed E-state index contributed by atoms with van der Waals surface area (Å²) in [5.74, 6) is -0.0274. The van der Waals surface area contributed by atoms with Crippen LogP contribution >= 0.6 is 11.3 Å². The lowest BCUT2D eigenvalue weighted by Crippen LogP contribution is -2.31. The number of imidazole rings is 1. The molecule has 1 aromatic carbocycles. The number of benzene rings is 1. The average molecular weight is 343 g/mol. The van der Waals surface area contributed by atoms with Crippen molar-refractivity contribution in [2.45, 2.75) is 39.8 Å². The number of fused-ring (bicyclic) bond motifs is 1. The lowest BCUT2D eigenvalue weighted by Gasteiger charge is -2.11. The molecule has 2 aromatic heterocycles. The molecular formula is C17H21N5OS. The molecule has 3 rings (SSSR count). The van der Waals surface area contributed by atoms with Gasteiger partial charge in [-0.25, -0.2) is 9.50 Å². The Bertz CT molecular complexity index is 805. The van der Waals surface area contributed by atoms with E-state index in [0.717, 1.165) is 27.8 Å². The molecule has 0 spiro atoms. The molecule has 3 aromatic rings. The third-order valence-electron chi connectivity index (χ3n) is 3.81. The van der Waals surface area contributed by atoms with Gasteiger partial charge in [0.1, 0.15) is 0 Å². The highest BCUT2D eigenvalue weighted by Crippen LogP contribution is 2.19. The van der Waals surface area contributed by atoms with Gasteiger partial charge in [-0.3, -0.25) is 4.79 Å². The molecular weight excluding hydrogens is 322 g/mol. The minimum Gasteiger partial charge on any atom is -0.356 e. The molecule has 0 aliphatic rings. The molecule has 0 aliphatic carbocycles. The van der Waals surface area contributed by atoms with Crippen LogP contribution in [0.15, 0.2) is 30.5 Å². The number of aryl methyl sites for hydroxylation is 1. The Balaban J connectivity index is 1.59. The molecule has 0 saturated heterocycles. The number of carbonyl (C=O) groups is 1. The van der Waals surface area contributed by atoms with Crippen molar-refractivity contribution in [2.24, 2.45) is 0 Å². The molecule has 0 aliphatic heterocycles. The van der Waals surface area contributed by atoms with Crippen molar-refractivity contribution in [3.05, 3.63) is 47.3 Å². The largest absolute Gasteiger partial charge is 0.356 e. The van der Waals surface area contributed by atoms with Gasteiger partial charge in [0.05, 0.1) is 11.9 Å². The van der Waals surface area contributed by atoms with Crippen LogP contribution in [0.25, 0.3) is 4.96 Å². The predicted octanol–water partition coefficient (Wildman–Crippen LogP) is 3.24. The molecule has 24 heavy (non-hydrogen) atoms. The van der Waals surface area contributed by atoms with Crippen LogP contribution in [0.4, 0.5) is 5.13 Å². The summed E-state index contributed by atoms with van der Waals surface area (Å²) in [6.45, 7) is 6.66. The van der Waals surface area contributed by atoms with Crippen molar-refractivity contribution >= 4 is 27.3 Å². The fourth-order valence-corrected chi connectivity index (χ4v) is 3.06. The smallest absolute Gasteiger partial charge is 0.251 e. The van der Waals surface area contributed by atoms with Crippen molar-refractivity contribution in [3.8, 4) is 0 Å². The molecule has 1 unspecified atom stereocenters. The number of hydrogen-bond donors (Lipinski definition) is 2. The molecule has 126 valence electrons. The van der Waals surface area contributed by atoms with Crippen LogP contribution < -0.4 is 10.6 Å². The summed E-state index contributed by atoms with van der Waals surface area (Å²) >= 11 is 1.52. The lowest BCUT2D eigenvalue weighted by atomic mass is 10.1. The molecule has 7 heteroatoms. The van der Waals surface area contributed by atoms with Crippen LogP contribution in [0.5, 0.6) is 0 Å². The fourth-order valence-electron chi connectivity index (χ4n) is 2.24. The molecule has 0 fully saturated rings. The van der Waals surface area contributed by atoms with Crippen molar-refractivity contribution in [2.75, 3.05) is 5.32 Å². The second-order valence-corrected chi connectivity index (χ2v) is 6.81. The van der Waals surface area contributed by atoms with Crippen LogP contribution in [0.2, 0.25) is 0 Å². The zero-order valence-electron chi connectivity index (χ0n) is 14.0. The van der Waals surface area contributed by atoms with E-state index in [1.54, 1.807) is 4.52 Å². The van der Waals surface area contributed by atoms with E-state index in [1.165, 1.54) is 11.3 Å². The maximum Gasteiger partial charge on any atom is 0.251 e. The highest BCUT2D eigenvalue weighted by atomic mass is 32.1. The average Bonchev–Trinajstić information content (AvgIpc) is 3.10. The van der Waals surface area contributed by atoms with E-state index in [1.807, 2.05) is 44.3 Å². The van der Waals surface area contributed by atoms with Crippen molar-refractivity contribution in [1.82, 2.24) is 19.9 Å². The second-order valence-electron chi connectivity index (χ2n) is 5.85. The maximum absolute atomic E-state index is 12.1. The number of aromatic nitrogens is 3. The zero-order valence-corrected chi connectivity index (χ0v) is 14.9. The van der Waals surface area contributed by atoms with Crippen molar-refractivity contribution in [1.29, 1.82) is 0 Å². The van der Waals surface area contributed by atoms with Gasteiger partial charge in [-0.15, -0.1) is 5.10 Å². The van der Waals surface area contributed by atoms with Crippen LogP contribution in [-0.2, 0) is 6.54 Å². The van der Waals surface area contributed by atoms with Crippen LogP contribution in [0.1, 0.15) is 41.9 Å². The Morgan fingerprint density at radius 3 is 2.75 bits per heavy atom. The first-order valence-corrected chi connectivity index (χ1v) is 8.83. The maximum atomic E-state index is 12.1. The molecule has 1 atom stereocenters. The SMILES string of the molecule is CCC(C)NC(=O)c1ccc(CNc2nn3cc(C)nc3s2)cc1. The summed E-state index contributed by atoms with van der Waals surface area (Å²) in [5, 5.41) is 11.5. The first kappa shape index (κ1) is 16.4. The van der Waals surface area contributed by atoms with E-state index < -0.39 is 0 Å². The standard InChI is InChI=1S/C17H21N5OS/c1-4-11(2)19-15(23)14-7-5-13(6-8-14)9-18-16-21-22-10-12(3)20-17(22)24-16/h5-8,10-11H,4,9H2,1-3H3,(H,18,21)(H,19,23). The van der Waals surface area contributed by atoms with Crippen LogP contribution in [0, 0.1) is 6.92 Å². The number of nitrogens with zero attached hydrogens (tertiary/aromatic N) is 3. The van der Waals surface area contributed by atoms with Gasteiger partial charge in [0, 0.05) is 18.2 Å². The molecule has 0 bridgehead atoms. The molecule has 0 radical (unpaired) electrons. The van der Waals surface area contributed by atoms with E-state index >= 15 is 0 Å². The van der Waals surface area contributed by atoms with E-state index in [9.17, 15) is 4.79 Å². The topological polar surface area (TPSA) is 71.3 Å². The number of hydrogen-bond acceptors (Lipinski definition) is 5. The van der Waals surface area contributed by atoms with Gasteiger partial charge < -0.3 is 10.6 Å². The van der Waals surface area contributed by atoms with Gasteiger partial charge in [0.2, 0.25) is 10.1 Å². The number of carbonyl (C=O) groups excluding carboxylic acids is 1. The Labute approximate surface area is 144 Å². The number of anilines is 1. The predicted molar refractivity (Wildman–Crippen MR) is 96.6 cm³/mol. The summed E-state index contributed by atoms with van der Waals surface area (Å²) in [7, 11) is 0. The monoisotopic (exact) mass is 343 g/mol. The normalized spacial score (nSPS) is 12.3. The van der Waals surface area contributed by atoms with Crippen LogP contribution in [-0.4, -0.2) is 26.5 Å². The first-order valence-electron chi connectivity index (χ1n) is 8.01. The molecule has 2 N–H and O–H groups in total. The molecule has 2 heterocycles. The highest BCUT2D eigenvalue weighted by molar-refractivity contribution is 7.20. The Kier molecular flexibility index (Phi) is 4.80. The van der Waals surface area contributed by atoms with E-state index in [4.69, 9.17) is 0 Å². The van der Waals surface area contributed by atoms with Gasteiger partial charge in [-0.1, -0.05) is 30.4 Å². The van der Waals surface area contributed by atoms with Crippen molar-refractivity contribution in [3.63, 3.8) is 0 Å². The van der Waals surface area contributed by atoms with Gasteiger partial charge >= 0.3 is 0 Å². The Morgan fingerprint density at radius 1 is 1.33 bits per heavy atom. The third kappa shape index (κ3) is 3.73. The number of nitrogens with one attached hydrogen (secondary N) is 2. The van der Waals surface area contributed by atoms with E-state index in [-0.39, 0.29) is 11.9 Å². The summed E-state index contributed by atoms with van der Waals surface area (Å²) in [6, 6.07) is 7.81. The second kappa shape index (κ2) is 7.00. The van der Waals surface area contributed by atoms with Gasteiger partial charge in [0.25, 0.3) is 5.91 Å². The molecule has 6 nitrogen and oxygen atoms in total. The Hall–Kier alpha value is -2.41. The van der Waals surface area contributed by atoms with E-state index in [2.05, 4.69) is 27.6 Å². The Morgan fingerprint density at radius 2 is 2.08 bits per heavy atom. The summed E-state index contributed by atoms with van der Waals surface area (Å²) in [6.07, 6.45) is 2.83. The summed E-state index contributed by atoms with van der Waals surface area (Å²) in [4.78, 5) is 17.3. The third-order valence-corrected chi connectivity index (χ3v) is 4.69. The zero-order chi connectivity index (χ0) is 17.1. The number of amides is 1. The quantitative estimate of drug-likeness (QED) is 0.721. The minimum absolute atomic E-state index is 0.0274. The fraction of sp³-hybridized carbons (Fsp3) is 0.353. The van der Waals surface area contributed by atoms with Gasteiger partial charge in [0.15, 0.2) is 0 Å². The first-order chi connectivity index (χ1) is 11.5. The molecule has 1 amide bonds. The summed E-state index contributed by atoms with van der Waals surface area (Å²) in [5.41, 5.74) is 2.74. The number of rotatable bonds is 6. The van der Waals surface area contributed by atoms with Gasteiger partial charge in [-0.2, -0.15) is 0 Å². The summed E-state index contributed by atoms with van der Waals surface area (Å²) < 4.78 is 1.78. The van der Waals surface area contributed by atoms with Gasteiger partial charge in [-0.05, 0) is 38.0 Å². The van der Waals surface area contributed by atoms with Crippen LogP contribution in [0.3, 0.4) is 0 Å². The molecule has 0 saturated carbocycles.